The number of amides is 1. The first kappa shape index (κ1) is 11.9. The number of hydrogen-bond acceptors (Lipinski definition) is 4. The van der Waals surface area contributed by atoms with Gasteiger partial charge in [-0.1, -0.05) is 18.2 Å². The molecule has 0 aliphatic heterocycles. The van der Waals surface area contributed by atoms with Crippen molar-refractivity contribution in [2.24, 2.45) is 0 Å². The average molecular weight is 221 g/mol. The normalized spacial score (nSPS) is 9.25. The monoisotopic (exact) mass is 221 g/mol. The largest absolute Gasteiger partial charge is 0.466 e. The van der Waals surface area contributed by atoms with E-state index >= 15 is 0 Å². The van der Waals surface area contributed by atoms with Crippen LogP contribution in [0.4, 0.5) is 0 Å². The molecule has 0 aliphatic rings. The fourth-order valence-corrected chi connectivity index (χ4v) is 1.17. The lowest BCUT2D eigenvalue weighted by Gasteiger charge is -2.05. The Morgan fingerprint density at radius 1 is 1.31 bits per heavy atom. The Kier molecular flexibility index (Phi) is 4.72. The highest BCUT2D eigenvalue weighted by Crippen LogP contribution is 2.05. The molecule has 0 saturated carbocycles. The molecule has 0 spiro atoms. The minimum absolute atomic E-state index is 0.110. The van der Waals surface area contributed by atoms with E-state index in [2.05, 4.69) is 10.1 Å². The third kappa shape index (κ3) is 3.20. The van der Waals surface area contributed by atoms with Gasteiger partial charge >= 0.3 is 0 Å². The molecule has 5 nitrogen and oxygen atoms in total. The van der Waals surface area contributed by atoms with Gasteiger partial charge in [0.2, 0.25) is 0 Å². The van der Waals surface area contributed by atoms with E-state index in [1.165, 1.54) is 0 Å². The highest BCUT2D eigenvalue weighted by atomic mass is 16.5. The van der Waals surface area contributed by atoms with Crippen molar-refractivity contribution in [1.29, 1.82) is 0 Å². The maximum Gasteiger partial charge on any atom is 0.293 e. The van der Waals surface area contributed by atoms with Crippen LogP contribution in [0.15, 0.2) is 24.3 Å². The van der Waals surface area contributed by atoms with Crippen LogP contribution in [-0.2, 0) is 9.53 Å². The van der Waals surface area contributed by atoms with E-state index in [1.807, 2.05) is 0 Å². The molecule has 0 bridgehead atoms. The zero-order chi connectivity index (χ0) is 11.8. The van der Waals surface area contributed by atoms with Gasteiger partial charge in [-0.3, -0.25) is 14.4 Å². The summed E-state index contributed by atoms with van der Waals surface area (Å²) < 4.78 is 4.41. The molecule has 0 unspecified atom stereocenters. The molecule has 1 N–H and O–H groups in total. The van der Waals surface area contributed by atoms with Crippen molar-refractivity contribution in [3.8, 4) is 0 Å². The number of benzene rings is 1. The van der Waals surface area contributed by atoms with E-state index in [0.29, 0.717) is 23.9 Å². The van der Waals surface area contributed by atoms with Gasteiger partial charge in [-0.05, 0) is 6.07 Å². The Morgan fingerprint density at radius 2 is 2.06 bits per heavy atom. The van der Waals surface area contributed by atoms with Gasteiger partial charge in [-0.15, -0.1) is 0 Å². The van der Waals surface area contributed by atoms with Crippen LogP contribution >= 0.6 is 0 Å². The first-order valence-corrected chi connectivity index (χ1v) is 4.67. The minimum atomic E-state index is -0.364. The van der Waals surface area contributed by atoms with E-state index in [1.54, 1.807) is 24.3 Å². The number of carbonyl (C=O) groups is 3. The SMILES string of the molecule is O=COCCNC(=O)c1ccccc1C=O. The van der Waals surface area contributed by atoms with E-state index in [-0.39, 0.29) is 19.1 Å². The molecular weight excluding hydrogens is 210 g/mol. The summed E-state index contributed by atoms with van der Waals surface area (Å²) in [6.45, 7) is 0.634. The van der Waals surface area contributed by atoms with Crippen molar-refractivity contribution in [2.75, 3.05) is 13.2 Å². The van der Waals surface area contributed by atoms with Gasteiger partial charge in [-0.2, -0.15) is 0 Å². The first-order valence-electron chi connectivity index (χ1n) is 4.67. The van der Waals surface area contributed by atoms with E-state index in [0.717, 1.165) is 0 Å². The Hall–Kier alpha value is -2.17. The second-order valence-electron chi connectivity index (χ2n) is 2.93. The second-order valence-corrected chi connectivity index (χ2v) is 2.93. The van der Waals surface area contributed by atoms with Crippen LogP contribution < -0.4 is 5.32 Å². The number of hydrogen-bond donors (Lipinski definition) is 1. The van der Waals surface area contributed by atoms with Crippen molar-refractivity contribution < 1.29 is 19.1 Å². The first-order chi connectivity index (χ1) is 7.79. The molecule has 1 aromatic carbocycles. The van der Waals surface area contributed by atoms with E-state index < -0.39 is 0 Å². The quantitative estimate of drug-likeness (QED) is 0.557. The summed E-state index contributed by atoms with van der Waals surface area (Å²) in [6, 6.07) is 6.46. The molecule has 1 rings (SSSR count). The Morgan fingerprint density at radius 3 is 2.75 bits per heavy atom. The van der Waals surface area contributed by atoms with Crippen LogP contribution in [0.25, 0.3) is 0 Å². The molecule has 0 aliphatic carbocycles. The molecule has 1 aromatic rings. The minimum Gasteiger partial charge on any atom is -0.466 e. The van der Waals surface area contributed by atoms with Crippen LogP contribution in [0.1, 0.15) is 20.7 Å². The van der Waals surface area contributed by atoms with E-state index in [4.69, 9.17) is 0 Å². The summed E-state index contributed by atoms with van der Waals surface area (Å²) >= 11 is 0. The summed E-state index contributed by atoms with van der Waals surface area (Å²) in [7, 11) is 0. The number of nitrogens with one attached hydrogen (secondary N) is 1. The lowest BCUT2D eigenvalue weighted by molar-refractivity contribution is -0.128. The third-order valence-corrected chi connectivity index (χ3v) is 1.91. The lowest BCUT2D eigenvalue weighted by atomic mass is 10.1. The average Bonchev–Trinajstić information content (AvgIpc) is 2.34. The standard InChI is InChI=1S/C11H11NO4/c13-7-9-3-1-2-4-10(9)11(15)12-5-6-16-8-14/h1-4,7-8H,5-6H2,(H,12,15). The molecule has 0 radical (unpaired) electrons. The molecule has 84 valence electrons. The van der Waals surface area contributed by atoms with Crippen LogP contribution in [0.5, 0.6) is 0 Å². The van der Waals surface area contributed by atoms with Gasteiger partial charge in [-0.25, -0.2) is 0 Å². The van der Waals surface area contributed by atoms with Crippen molar-refractivity contribution in [2.45, 2.75) is 0 Å². The van der Waals surface area contributed by atoms with Crippen molar-refractivity contribution >= 4 is 18.7 Å². The van der Waals surface area contributed by atoms with Crippen molar-refractivity contribution in [3.05, 3.63) is 35.4 Å². The molecule has 0 aromatic heterocycles. The fourth-order valence-electron chi connectivity index (χ4n) is 1.17. The van der Waals surface area contributed by atoms with Crippen LogP contribution in [0.2, 0.25) is 0 Å². The highest BCUT2D eigenvalue weighted by Gasteiger charge is 2.08. The summed E-state index contributed by atoms with van der Waals surface area (Å²) in [6.07, 6.45) is 0.622. The fraction of sp³-hybridized carbons (Fsp3) is 0.182. The number of aldehydes is 1. The number of rotatable bonds is 6. The molecule has 0 fully saturated rings. The van der Waals surface area contributed by atoms with Crippen LogP contribution in [0.3, 0.4) is 0 Å². The summed E-state index contributed by atoms with van der Waals surface area (Å²) in [5, 5.41) is 2.53. The number of ether oxygens (including phenoxy) is 1. The van der Waals surface area contributed by atoms with Crippen LogP contribution in [0, 0.1) is 0 Å². The van der Waals surface area contributed by atoms with Gasteiger partial charge in [0.1, 0.15) is 6.61 Å². The van der Waals surface area contributed by atoms with Gasteiger partial charge in [0.15, 0.2) is 6.29 Å². The Bertz CT molecular complexity index is 389. The molecule has 16 heavy (non-hydrogen) atoms. The van der Waals surface area contributed by atoms with E-state index in [9.17, 15) is 14.4 Å². The zero-order valence-electron chi connectivity index (χ0n) is 8.51. The summed E-state index contributed by atoms with van der Waals surface area (Å²) in [5.41, 5.74) is 0.639. The number of carbonyl (C=O) groups excluding carboxylic acids is 3. The smallest absolute Gasteiger partial charge is 0.293 e. The second kappa shape index (κ2) is 6.34. The Labute approximate surface area is 92.4 Å². The maximum absolute atomic E-state index is 11.6. The molecule has 0 heterocycles. The van der Waals surface area contributed by atoms with Crippen molar-refractivity contribution in [1.82, 2.24) is 5.32 Å². The predicted octanol–water partition coefficient (Wildman–Crippen LogP) is 0.402. The predicted molar refractivity (Wildman–Crippen MR) is 56.2 cm³/mol. The molecule has 0 saturated heterocycles. The van der Waals surface area contributed by atoms with Gasteiger partial charge in [0, 0.05) is 11.1 Å². The summed E-state index contributed by atoms with van der Waals surface area (Å²) in [4.78, 5) is 32.1. The van der Waals surface area contributed by atoms with Gasteiger partial charge in [0.05, 0.1) is 6.54 Å². The molecule has 1 amide bonds. The lowest BCUT2D eigenvalue weighted by Crippen LogP contribution is -2.27. The van der Waals surface area contributed by atoms with Crippen LogP contribution in [-0.4, -0.2) is 31.8 Å². The Balaban J connectivity index is 2.58. The van der Waals surface area contributed by atoms with Gasteiger partial charge < -0.3 is 10.1 Å². The molecule has 5 heteroatoms. The van der Waals surface area contributed by atoms with Gasteiger partial charge in [0.25, 0.3) is 12.4 Å². The molecule has 0 atom stereocenters. The van der Waals surface area contributed by atoms with Crippen molar-refractivity contribution in [3.63, 3.8) is 0 Å². The maximum atomic E-state index is 11.6. The topological polar surface area (TPSA) is 72.5 Å². The highest BCUT2D eigenvalue weighted by molar-refractivity contribution is 6.01. The zero-order valence-corrected chi connectivity index (χ0v) is 8.51. The third-order valence-electron chi connectivity index (χ3n) is 1.91. The summed E-state index contributed by atoms with van der Waals surface area (Å²) in [5.74, 6) is -0.364. The molecular formula is C11H11NO4.